The number of aliphatic imine (C=N–C) groups is 1. The highest BCUT2D eigenvalue weighted by Gasteiger charge is 2.26. The van der Waals surface area contributed by atoms with Crippen LogP contribution in [0.1, 0.15) is 57.6 Å². The predicted molar refractivity (Wildman–Crippen MR) is 127 cm³/mol. The maximum atomic E-state index is 10.0. The van der Waals surface area contributed by atoms with E-state index in [1.54, 1.807) is 0 Å². The van der Waals surface area contributed by atoms with Crippen molar-refractivity contribution in [1.29, 1.82) is 0 Å². The van der Waals surface area contributed by atoms with Crippen LogP contribution in [0.4, 0.5) is 0 Å². The van der Waals surface area contributed by atoms with Gasteiger partial charge in [-0.15, -0.1) is 24.0 Å². The second-order valence-electron chi connectivity index (χ2n) is 8.02. The monoisotopic (exact) mass is 500 g/mol. The molecule has 2 fully saturated rings. The Bertz CT molecular complexity index is 589. The minimum Gasteiger partial charge on any atom is -0.393 e. The van der Waals surface area contributed by atoms with Crippen LogP contribution in [-0.2, 0) is 0 Å². The van der Waals surface area contributed by atoms with Gasteiger partial charge in [0.2, 0.25) is 0 Å². The number of hydrogen-bond acceptors (Lipinski definition) is 3. The van der Waals surface area contributed by atoms with Gasteiger partial charge in [0.05, 0.1) is 6.10 Å². The number of benzene rings is 1. The van der Waals surface area contributed by atoms with Gasteiger partial charge in [-0.2, -0.15) is 0 Å². The number of guanidine groups is 1. The fraction of sp³-hybridized carbons (Fsp3) is 0.682. The van der Waals surface area contributed by atoms with Gasteiger partial charge in [0, 0.05) is 44.2 Å². The first-order chi connectivity index (χ1) is 13.2. The van der Waals surface area contributed by atoms with E-state index in [1.807, 2.05) is 0 Å². The van der Waals surface area contributed by atoms with E-state index in [0.717, 1.165) is 64.2 Å². The van der Waals surface area contributed by atoms with E-state index in [1.165, 1.54) is 5.56 Å². The first kappa shape index (κ1) is 23.4. The van der Waals surface area contributed by atoms with Gasteiger partial charge in [-0.3, -0.25) is 9.89 Å². The number of rotatable bonds is 6. The summed E-state index contributed by atoms with van der Waals surface area (Å²) in [5.41, 5.74) is 1.40. The first-order valence-electron chi connectivity index (χ1n) is 10.7. The lowest BCUT2D eigenvalue weighted by Crippen LogP contribution is -2.49. The first-order valence-corrected chi connectivity index (χ1v) is 10.7. The normalized spacial score (nSPS) is 25.2. The highest BCUT2D eigenvalue weighted by atomic mass is 127. The number of likely N-dealkylation sites (tertiary alicyclic amines) is 1. The van der Waals surface area contributed by atoms with Gasteiger partial charge in [-0.25, -0.2) is 0 Å². The van der Waals surface area contributed by atoms with Crippen LogP contribution >= 0.6 is 24.0 Å². The lowest BCUT2D eigenvalue weighted by atomic mass is 10.0. The van der Waals surface area contributed by atoms with E-state index in [-0.39, 0.29) is 30.1 Å². The Hall–Kier alpha value is -0.860. The van der Waals surface area contributed by atoms with Crippen LogP contribution in [0.25, 0.3) is 0 Å². The molecule has 0 aromatic heterocycles. The molecule has 1 heterocycles. The number of piperidine rings is 1. The zero-order chi connectivity index (χ0) is 19.1. The van der Waals surface area contributed by atoms with E-state index in [4.69, 9.17) is 4.99 Å². The molecule has 1 aromatic carbocycles. The molecule has 0 radical (unpaired) electrons. The summed E-state index contributed by atoms with van der Waals surface area (Å²) < 4.78 is 0. The Morgan fingerprint density at radius 3 is 2.50 bits per heavy atom. The molecule has 0 amide bonds. The second kappa shape index (κ2) is 12.0. The van der Waals surface area contributed by atoms with Crippen LogP contribution in [0.5, 0.6) is 0 Å². The number of aliphatic hydroxyl groups is 1. The van der Waals surface area contributed by atoms with Crippen molar-refractivity contribution in [3.05, 3.63) is 35.9 Å². The summed E-state index contributed by atoms with van der Waals surface area (Å²) in [7, 11) is 0. The molecule has 6 heteroatoms. The summed E-state index contributed by atoms with van der Waals surface area (Å²) in [5.74, 6) is 1.24. The average molecular weight is 500 g/mol. The SMILES string of the molecule is CCNC(=NCC1CCCC1O)NC1CCN(C(C)c2ccccc2)CC1.I. The highest BCUT2D eigenvalue weighted by Crippen LogP contribution is 2.26. The molecule has 0 bridgehead atoms. The molecule has 3 unspecified atom stereocenters. The second-order valence-corrected chi connectivity index (χ2v) is 8.02. The number of halogens is 1. The van der Waals surface area contributed by atoms with Crippen LogP contribution in [0.15, 0.2) is 35.3 Å². The van der Waals surface area contributed by atoms with Crippen LogP contribution in [0.2, 0.25) is 0 Å². The molecule has 5 nitrogen and oxygen atoms in total. The molecular formula is C22H37IN4O. The molecule has 2 aliphatic rings. The van der Waals surface area contributed by atoms with Gasteiger partial charge < -0.3 is 15.7 Å². The van der Waals surface area contributed by atoms with E-state index >= 15 is 0 Å². The molecule has 3 N–H and O–H groups in total. The van der Waals surface area contributed by atoms with Crippen molar-refractivity contribution in [3.8, 4) is 0 Å². The minimum atomic E-state index is -0.167. The number of nitrogens with one attached hydrogen (secondary N) is 2. The Labute approximate surface area is 187 Å². The summed E-state index contributed by atoms with van der Waals surface area (Å²) >= 11 is 0. The molecule has 1 saturated heterocycles. The van der Waals surface area contributed by atoms with Crippen LogP contribution in [-0.4, -0.2) is 54.3 Å². The van der Waals surface area contributed by atoms with Crippen molar-refractivity contribution in [2.24, 2.45) is 10.9 Å². The lowest BCUT2D eigenvalue weighted by molar-refractivity contribution is 0.136. The molecular weight excluding hydrogens is 463 g/mol. The van der Waals surface area contributed by atoms with Crippen molar-refractivity contribution < 1.29 is 5.11 Å². The quantitative estimate of drug-likeness (QED) is 0.318. The van der Waals surface area contributed by atoms with Crippen LogP contribution < -0.4 is 10.6 Å². The largest absolute Gasteiger partial charge is 0.393 e. The van der Waals surface area contributed by atoms with Gasteiger partial charge in [0.25, 0.3) is 0 Å². The number of hydrogen-bond donors (Lipinski definition) is 3. The zero-order valence-corrected chi connectivity index (χ0v) is 19.6. The predicted octanol–water partition coefficient (Wildman–Crippen LogP) is 3.55. The topological polar surface area (TPSA) is 59.9 Å². The summed E-state index contributed by atoms with van der Waals surface area (Å²) in [6.07, 6.45) is 5.26. The zero-order valence-electron chi connectivity index (χ0n) is 17.3. The smallest absolute Gasteiger partial charge is 0.191 e. The Morgan fingerprint density at radius 2 is 1.89 bits per heavy atom. The highest BCUT2D eigenvalue weighted by molar-refractivity contribution is 14.0. The van der Waals surface area contributed by atoms with Crippen molar-refractivity contribution in [1.82, 2.24) is 15.5 Å². The Kier molecular flexibility index (Phi) is 10.0. The molecule has 1 aliphatic heterocycles. The molecule has 1 aromatic rings. The van der Waals surface area contributed by atoms with Crippen molar-refractivity contribution in [2.45, 2.75) is 64.1 Å². The van der Waals surface area contributed by atoms with Crippen molar-refractivity contribution in [2.75, 3.05) is 26.2 Å². The molecule has 1 saturated carbocycles. The third-order valence-corrected chi connectivity index (χ3v) is 6.15. The molecule has 28 heavy (non-hydrogen) atoms. The fourth-order valence-electron chi connectivity index (χ4n) is 4.33. The molecule has 3 atom stereocenters. The molecule has 1 aliphatic carbocycles. The summed E-state index contributed by atoms with van der Waals surface area (Å²) in [6, 6.07) is 11.7. The van der Waals surface area contributed by atoms with Crippen molar-refractivity contribution >= 4 is 29.9 Å². The Morgan fingerprint density at radius 1 is 1.18 bits per heavy atom. The van der Waals surface area contributed by atoms with Gasteiger partial charge in [0.1, 0.15) is 0 Å². The fourth-order valence-corrected chi connectivity index (χ4v) is 4.33. The minimum absolute atomic E-state index is 0. The van der Waals surface area contributed by atoms with Crippen LogP contribution in [0.3, 0.4) is 0 Å². The van der Waals surface area contributed by atoms with Gasteiger partial charge >= 0.3 is 0 Å². The van der Waals surface area contributed by atoms with E-state index in [2.05, 4.69) is 59.7 Å². The average Bonchev–Trinajstić information content (AvgIpc) is 3.12. The summed E-state index contributed by atoms with van der Waals surface area (Å²) in [5, 5.41) is 17.0. The van der Waals surface area contributed by atoms with Gasteiger partial charge in [0.15, 0.2) is 5.96 Å². The number of aliphatic hydroxyl groups excluding tert-OH is 1. The summed E-state index contributed by atoms with van der Waals surface area (Å²) in [4.78, 5) is 7.34. The van der Waals surface area contributed by atoms with E-state index in [9.17, 15) is 5.11 Å². The lowest BCUT2D eigenvalue weighted by Gasteiger charge is -2.37. The maximum Gasteiger partial charge on any atom is 0.191 e. The van der Waals surface area contributed by atoms with Gasteiger partial charge in [-0.1, -0.05) is 36.8 Å². The maximum absolute atomic E-state index is 10.0. The Balaban J connectivity index is 0.00000280. The van der Waals surface area contributed by atoms with E-state index < -0.39 is 0 Å². The molecule has 158 valence electrons. The third kappa shape index (κ3) is 6.59. The standard InChI is InChI=1S/C22H36N4O.HI/c1-3-23-22(24-16-19-10-7-11-21(19)27)25-20-12-14-26(15-13-20)17(2)18-8-5-4-6-9-18;/h4-6,8-9,17,19-21,27H,3,7,10-16H2,1-2H3,(H2,23,24,25);1H. The summed E-state index contributed by atoms with van der Waals surface area (Å²) in [6.45, 7) is 8.21. The molecule has 3 rings (SSSR count). The molecule has 0 spiro atoms. The van der Waals surface area contributed by atoms with Crippen molar-refractivity contribution in [3.63, 3.8) is 0 Å². The van der Waals surface area contributed by atoms with Crippen LogP contribution in [0, 0.1) is 5.92 Å². The third-order valence-electron chi connectivity index (χ3n) is 6.15. The van der Waals surface area contributed by atoms with Gasteiger partial charge in [-0.05, 0) is 45.1 Å². The van der Waals surface area contributed by atoms with E-state index in [0.29, 0.717) is 18.0 Å². The number of nitrogens with zero attached hydrogens (tertiary/aromatic N) is 2.